The number of carbonyl (C=O) groups is 1. The highest BCUT2D eigenvalue weighted by Crippen LogP contribution is 2.43. The van der Waals surface area contributed by atoms with Crippen LogP contribution in [0.1, 0.15) is 37.7 Å². The monoisotopic (exact) mass is 308 g/mol. The molecule has 4 rings (SSSR count). The molecule has 0 saturated heterocycles. The summed E-state index contributed by atoms with van der Waals surface area (Å²) in [7, 11) is 0. The average Bonchev–Trinajstić information content (AvgIpc) is 3.24. The summed E-state index contributed by atoms with van der Waals surface area (Å²) in [5, 5.41) is 2.64. The van der Waals surface area contributed by atoms with Crippen LogP contribution in [-0.4, -0.2) is 11.4 Å². The molecule has 2 saturated carbocycles. The van der Waals surface area contributed by atoms with Crippen LogP contribution in [0, 0.1) is 18.8 Å². The van der Waals surface area contributed by atoms with E-state index in [9.17, 15) is 4.79 Å². The van der Waals surface area contributed by atoms with E-state index in [1.807, 2.05) is 43.3 Å². The molecule has 3 heteroatoms. The van der Waals surface area contributed by atoms with Crippen molar-refractivity contribution in [1.29, 1.82) is 0 Å². The molecule has 1 heterocycles. The Morgan fingerprint density at radius 1 is 1.09 bits per heavy atom. The van der Waals surface area contributed by atoms with Gasteiger partial charge in [-0.1, -0.05) is 37.8 Å². The minimum Gasteiger partial charge on any atom is -0.329 e. The highest BCUT2D eigenvalue weighted by atomic mass is 16.1. The zero-order chi connectivity index (χ0) is 16.1. The standard InChI is InChI=1S/C13H12N2O.C7H12/c1-10-5-6-11(15-9-16)8-12(10)13-4-2-3-7-14-13;1-2-7-4-3-6(1)5-7/h2-9H,1H3,(H,15,16);6-7H,1-5H2. The number of carbonyl (C=O) groups excluding carboxylic acids is 1. The molecule has 0 atom stereocenters. The van der Waals surface area contributed by atoms with E-state index in [-0.39, 0.29) is 0 Å². The summed E-state index contributed by atoms with van der Waals surface area (Å²) < 4.78 is 0. The molecule has 0 radical (unpaired) electrons. The lowest BCUT2D eigenvalue weighted by Crippen LogP contribution is -1.95. The number of nitrogens with zero attached hydrogens (tertiary/aromatic N) is 1. The zero-order valence-corrected chi connectivity index (χ0v) is 13.7. The van der Waals surface area contributed by atoms with Crippen molar-refractivity contribution in [3.05, 3.63) is 48.2 Å². The Hall–Kier alpha value is -2.16. The van der Waals surface area contributed by atoms with Gasteiger partial charge in [-0.05, 0) is 55.0 Å². The molecule has 2 fully saturated rings. The van der Waals surface area contributed by atoms with Gasteiger partial charge in [0.05, 0.1) is 5.69 Å². The summed E-state index contributed by atoms with van der Waals surface area (Å²) in [6, 6.07) is 11.5. The van der Waals surface area contributed by atoms with Crippen molar-refractivity contribution >= 4 is 12.1 Å². The Morgan fingerprint density at radius 2 is 1.83 bits per heavy atom. The summed E-state index contributed by atoms with van der Waals surface area (Å²) in [6.45, 7) is 2.02. The Morgan fingerprint density at radius 3 is 2.35 bits per heavy atom. The number of amides is 1. The van der Waals surface area contributed by atoms with Crippen LogP contribution in [0.4, 0.5) is 5.69 Å². The first-order valence-corrected chi connectivity index (χ1v) is 8.48. The molecule has 1 N–H and O–H groups in total. The number of hydrogen-bond acceptors (Lipinski definition) is 2. The van der Waals surface area contributed by atoms with Gasteiger partial charge in [-0.3, -0.25) is 9.78 Å². The van der Waals surface area contributed by atoms with Crippen molar-refractivity contribution < 1.29 is 4.79 Å². The van der Waals surface area contributed by atoms with E-state index in [0.29, 0.717) is 6.41 Å². The maximum absolute atomic E-state index is 10.4. The Labute approximate surface area is 138 Å². The van der Waals surface area contributed by atoms with Gasteiger partial charge < -0.3 is 5.32 Å². The predicted octanol–water partition coefficient (Wildman–Crippen LogP) is 4.82. The molecule has 0 spiro atoms. The summed E-state index contributed by atoms with van der Waals surface area (Å²) in [6.07, 6.45) is 10.3. The fourth-order valence-corrected chi connectivity index (χ4v) is 3.75. The molecule has 2 aromatic rings. The first-order valence-electron chi connectivity index (χ1n) is 8.48. The highest BCUT2D eigenvalue weighted by molar-refractivity contribution is 5.76. The summed E-state index contributed by atoms with van der Waals surface area (Å²) in [5.41, 5.74) is 3.86. The fraction of sp³-hybridized carbons (Fsp3) is 0.400. The van der Waals surface area contributed by atoms with Gasteiger partial charge in [0.2, 0.25) is 6.41 Å². The van der Waals surface area contributed by atoms with E-state index >= 15 is 0 Å². The van der Waals surface area contributed by atoms with E-state index in [1.165, 1.54) is 11.8 Å². The molecule has 1 aromatic carbocycles. The number of rotatable bonds is 3. The number of nitrogens with one attached hydrogen (secondary N) is 1. The average molecular weight is 308 g/mol. The predicted molar refractivity (Wildman–Crippen MR) is 94.2 cm³/mol. The SMILES string of the molecule is C1CC2CCC1C2.Cc1ccc(NC=O)cc1-c1ccccn1. The largest absolute Gasteiger partial charge is 0.329 e. The van der Waals surface area contributed by atoms with Gasteiger partial charge in [0.25, 0.3) is 0 Å². The molecule has 2 aliphatic rings. The van der Waals surface area contributed by atoms with Crippen molar-refractivity contribution in [2.24, 2.45) is 11.8 Å². The van der Waals surface area contributed by atoms with Crippen molar-refractivity contribution in [1.82, 2.24) is 4.98 Å². The van der Waals surface area contributed by atoms with E-state index < -0.39 is 0 Å². The van der Waals surface area contributed by atoms with Crippen molar-refractivity contribution in [2.75, 3.05) is 5.32 Å². The number of pyridine rings is 1. The topological polar surface area (TPSA) is 42.0 Å². The zero-order valence-electron chi connectivity index (χ0n) is 13.7. The second-order valence-corrected chi connectivity index (χ2v) is 6.63. The van der Waals surface area contributed by atoms with Crippen molar-refractivity contribution in [2.45, 2.75) is 39.0 Å². The minimum absolute atomic E-state index is 0.673. The second kappa shape index (κ2) is 7.40. The smallest absolute Gasteiger partial charge is 0.211 e. The van der Waals surface area contributed by atoms with Crippen LogP contribution in [0.3, 0.4) is 0 Å². The van der Waals surface area contributed by atoms with Crippen LogP contribution >= 0.6 is 0 Å². The van der Waals surface area contributed by atoms with Crippen LogP contribution in [-0.2, 0) is 4.79 Å². The molecular weight excluding hydrogens is 284 g/mol. The normalized spacial score (nSPS) is 21.4. The molecule has 120 valence electrons. The number of aromatic nitrogens is 1. The van der Waals surface area contributed by atoms with Gasteiger partial charge >= 0.3 is 0 Å². The quantitative estimate of drug-likeness (QED) is 0.826. The van der Waals surface area contributed by atoms with Crippen molar-refractivity contribution in [3.8, 4) is 11.3 Å². The number of anilines is 1. The van der Waals surface area contributed by atoms with Crippen molar-refractivity contribution in [3.63, 3.8) is 0 Å². The van der Waals surface area contributed by atoms with Crippen LogP contribution in [0.15, 0.2) is 42.6 Å². The molecule has 23 heavy (non-hydrogen) atoms. The van der Waals surface area contributed by atoms with Gasteiger partial charge in [0.15, 0.2) is 0 Å². The van der Waals surface area contributed by atoms with Gasteiger partial charge in [-0.15, -0.1) is 0 Å². The third kappa shape index (κ3) is 3.98. The van der Waals surface area contributed by atoms with E-state index in [0.717, 1.165) is 22.5 Å². The Bertz CT molecular complexity index is 636. The van der Waals surface area contributed by atoms with Crippen LogP contribution < -0.4 is 5.32 Å². The molecule has 1 amide bonds. The van der Waals surface area contributed by atoms with Gasteiger partial charge in [0, 0.05) is 17.4 Å². The molecule has 1 aromatic heterocycles. The Kier molecular flexibility index (Phi) is 5.06. The van der Waals surface area contributed by atoms with Crippen LogP contribution in [0.5, 0.6) is 0 Å². The summed E-state index contributed by atoms with van der Waals surface area (Å²) in [4.78, 5) is 14.7. The van der Waals surface area contributed by atoms with Gasteiger partial charge in [0.1, 0.15) is 0 Å². The molecule has 2 aliphatic carbocycles. The fourth-order valence-electron chi connectivity index (χ4n) is 3.75. The summed E-state index contributed by atoms with van der Waals surface area (Å²) in [5.74, 6) is 2.34. The molecule has 0 aliphatic heterocycles. The molecule has 0 unspecified atom stereocenters. The highest BCUT2D eigenvalue weighted by Gasteiger charge is 2.30. The number of hydrogen-bond donors (Lipinski definition) is 1. The third-order valence-electron chi connectivity index (χ3n) is 5.04. The van der Waals surface area contributed by atoms with Crippen LogP contribution in [0.25, 0.3) is 11.3 Å². The van der Waals surface area contributed by atoms with E-state index in [2.05, 4.69) is 10.3 Å². The first-order chi connectivity index (χ1) is 11.3. The Balaban J connectivity index is 0.000000183. The molecular formula is C20H24N2O. The van der Waals surface area contributed by atoms with E-state index in [4.69, 9.17) is 0 Å². The lowest BCUT2D eigenvalue weighted by Gasteiger charge is -2.07. The van der Waals surface area contributed by atoms with Gasteiger partial charge in [-0.25, -0.2) is 0 Å². The maximum atomic E-state index is 10.4. The number of aryl methyl sites for hydroxylation is 1. The maximum Gasteiger partial charge on any atom is 0.211 e. The first kappa shape index (κ1) is 15.7. The summed E-state index contributed by atoms with van der Waals surface area (Å²) >= 11 is 0. The number of fused-ring (bicyclic) bond motifs is 2. The van der Waals surface area contributed by atoms with E-state index in [1.54, 1.807) is 38.3 Å². The third-order valence-corrected chi connectivity index (χ3v) is 5.04. The van der Waals surface area contributed by atoms with Crippen LogP contribution in [0.2, 0.25) is 0 Å². The number of benzene rings is 1. The molecule has 3 nitrogen and oxygen atoms in total. The molecule has 2 bridgehead atoms. The lowest BCUT2D eigenvalue weighted by atomic mass is 10.0. The second-order valence-electron chi connectivity index (χ2n) is 6.63. The van der Waals surface area contributed by atoms with Gasteiger partial charge in [-0.2, -0.15) is 0 Å². The minimum atomic E-state index is 0.673. The lowest BCUT2D eigenvalue weighted by molar-refractivity contribution is -0.105.